The molecule has 0 unspecified atom stereocenters. The molecule has 7 heteroatoms. The Morgan fingerprint density at radius 3 is 3.05 bits per heavy atom. The van der Waals surface area contributed by atoms with Crippen LogP contribution in [0.4, 0.5) is 11.5 Å². The molecule has 0 radical (unpaired) electrons. The smallest absolute Gasteiger partial charge is 0.304 e. The lowest BCUT2D eigenvalue weighted by atomic mass is 10.3. The van der Waals surface area contributed by atoms with Gasteiger partial charge in [0.2, 0.25) is 11.1 Å². The highest BCUT2D eigenvalue weighted by Gasteiger charge is 2.19. The fourth-order valence-corrected chi connectivity index (χ4v) is 1.78. The number of nitrogens with two attached hydrogens (primary N) is 1. The Bertz CT molecular complexity index is 680. The van der Waals surface area contributed by atoms with E-state index in [0.29, 0.717) is 6.54 Å². The quantitative estimate of drug-likeness (QED) is 0.697. The van der Waals surface area contributed by atoms with Crippen LogP contribution >= 0.6 is 0 Å². The molecule has 0 aliphatic rings. The van der Waals surface area contributed by atoms with Gasteiger partial charge in [0.15, 0.2) is 0 Å². The predicted molar refractivity (Wildman–Crippen MR) is 74.2 cm³/mol. The molecular formula is C13H16N5O2+. The minimum Gasteiger partial charge on any atom is -0.366 e. The first-order chi connectivity index (χ1) is 9.63. The molecule has 0 bridgehead atoms. The number of aryl methyl sites for hydroxylation is 1. The molecule has 2 aromatic rings. The lowest BCUT2D eigenvalue weighted by Gasteiger charge is -2.06. The minimum absolute atomic E-state index is 0.101. The Hall–Kier alpha value is -2.70. The van der Waals surface area contributed by atoms with E-state index in [-0.39, 0.29) is 22.6 Å². The van der Waals surface area contributed by atoms with Crippen LogP contribution in [0.25, 0.3) is 0 Å². The van der Waals surface area contributed by atoms with Gasteiger partial charge in [-0.2, -0.15) is 0 Å². The van der Waals surface area contributed by atoms with Crippen LogP contribution in [0.2, 0.25) is 0 Å². The highest BCUT2D eigenvalue weighted by atomic mass is 16.2. The number of nitrogen functional groups attached to an aromatic ring is 1. The highest BCUT2D eigenvalue weighted by Crippen LogP contribution is 2.05. The number of H-pyrrole nitrogens is 1. The van der Waals surface area contributed by atoms with Crippen LogP contribution in [0, 0.1) is 0 Å². The zero-order valence-electron chi connectivity index (χ0n) is 11.1. The van der Waals surface area contributed by atoms with E-state index in [9.17, 15) is 9.59 Å². The largest absolute Gasteiger partial charge is 0.366 e. The van der Waals surface area contributed by atoms with E-state index in [2.05, 4.69) is 15.3 Å². The van der Waals surface area contributed by atoms with Gasteiger partial charge in [0.25, 0.3) is 5.91 Å². The van der Waals surface area contributed by atoms with Gasteiger partial charge in [0.1, 0.15) is 11.9 Å². The summed E-state index contributed by atoms with van der Waals surface area (Å²) in [5.74, 6) is -0.233. The van der Waals surface area contributed by atoms with E-state index in [0.717, 1.165) is 6.42 Å². The third-order valence-electron chi connectivity index (χ3n) is 2.75. The van der Waals surface area contributed by atoms with Gasteiger partial charge in [-0.05, 0) is 6.42 Å². The molecule has 0 aromatic carbocycles. The number of carbonyl (C=O) groups is 1. The third kappa shape index (κ3) is 2.82. The van der Waals surface area contributed by atoms with Gasteiger partial charge in [0.05, 0.1) is 12.7 Å². The molecule has 7 nitrogen and oxygen atoms in total. The van der Waals surface area contributed by atoms with Crippen molar-refractivity contribution < 1.29 is 9.36 Å². The first-order valence-electron chi connectivity index (χ1n) is 6.26. The van der Waals surface area contributed by atoms with Crippen LogP contribution in [0.3, 0.4) is 0 Å². The molecule has 0 aliphatic carbocycles. The number of amides is 1. The third-order valence-corrected chi connectivity index (χ3v) is 2.75. The number of aromatic nitrogens is 3. The predicted octanol–water partition coefficient (Wildman–Crippen LogP) is 0.302. The number of anilines is 2. The molecule has 20 heavy (non-hydrogen) atoms. The average molecular weight is 274 g/mol. The van der Waals surface area contributed by atoms with Gasteiger partial charge >= 0.3 is 5.82 Å². The van der Waals surface area contributed by atoms with Crippen molar-refractivity contribution >= 4 is 17.4 Å². The number of nitrogens with zero attached hydrogens (tertiary/aromatic N) is 2. The van der Waals surface area contributed by atoms with Crippen LogP contribution in [-0.2, 0) is 6.54 Å². The highest BCUT2D eigenvalue weighted by molar-refractivity contribution is 6.05. The van der Waals surface area contributed by atoms with Crippen molar-refractivity contribution in [1.82, 2.24) is 9.97 Å². The normalized spacial score (nSPS) is 10.2. The van der Waals surface area contributed by atoms with E-state index in [1.807, 2.05) is 6.92 Å². The summed E-state index contributed by atoms with van der Waals surface area (Å²) in [5.41, 5.74) is 5.89. The van der Waals surface area contributed by atoms with Crippen molar-refractivity contribution in [2.75, 3.05) is 11.1 Å². The number of pyridine rings is 1. The van der Waals surface area contributed by atoms with Gasteiger partial charge < -0.3 is 10.3 Å². The summed E-state index contributed by atoms with van der Waals surface area (Å²) < 4.78 is 1.75. The van der Waals surface area contributed by atoms with Crippen LogP contribution < -0.4 is 21.0 Å². The Morgan fingerprint density at radius 2 is 2.35 bits per heavy atom. The molecule has 0 saturated heterocycles. The van der Waals surface area contributed by atoms with E-state index in [1.165, 1.54) is 24.7 Å². The van der Waals surface area contributed by atoms with Crippen LogP contribution in [-0.4, -0.2) is 15.9 Å². The minimum atomic E-state index is -0.510. The number of hydrogen-bond donors (Lipinski definition) is 3. The van der Waals surface area contributed by atoms with Gasteiger partial charge in [0, 0.05) is 18.5 Å². The number of carbonyl (C=O) groups excluding carboxylic acids is 1. The van der Waals surface area contributed by atoms with Crippen LogP contribution in [0.15, 0.2) is 35.6 Å². The van der Waals surface area contributed by atoms with E-state index < -0.39 is 5.91 Å². The van der Waals surface area contributed by atoms with Crippen molar-refractivity contribution in [3.8, 4) is 0 Å². The molecule has 104 valence electrons. The van der Waals surface area contributed by atoms with E-state index >= 15 is 0 Å². The second kappa shape index (κ2) is 5.96. The summed E-state index contributed by atoms with van der Waals surface area (Å²) in [6.07, 6.45) is 7.02. The lowest BCUT2D eigenvalue weighted by Crippen LogP contribution is -2.39. The molecule has 1 amide bonds. The molecule has 0 saturated carbocycles. The first-order valence-corrected chi connectivity index (χ1v) is 6.26. The summed E-state index contributed by atoms with van der Waals surface area (Å²) in [7, 11) is 0. The topological polar surface area (TPSA) is 105 Å². The molecular weight excluding hydrogens is 258 g/mol. The molecule has 2 heterocycles. The average Bonchev–Trinajstić information content (AvgIpc) is 2.44. The molecule has 0 spiro atoms. The maximum absolute atomic E-state index is 12.1. The summed E-state index contributed by atoms with van der Waals surface area (Å²) in [5, 5.41) is 2.50. The van der Waals surface area contributed by atoms with Gasteiger partial charge in [-0.15, -0.1) is 0 Å². The zero-order chi connectivity index (χ0) is 14.5. The molecule has 2 aromatic heterocycles. The first kappa shape index (κ1) is 13.7. The van der Waals surface area contributed by atoms with E-state index in [4.69, 9.17) is 5.73 Å². The fraction of sp³-hybridized carbons (Fsp3) is 0.231. The summed E-state index contributed by atoms with van der Waals surface area (Å²) in [4.78, 5) is 30.4. The second-order valence-electron chi connectivity index (χ2n) is 4.23. The van der Waals surface area contributed by atoms with Crippen molar-refractivity contribution in [2.45, 2.75) is 19.9 Å². The Morgan fingerprint density at radius 1 is 1.55 bits per heavy atom. The van der Waals surface area contributed by atoms with E-state index in [1.54, 1.807) is 10.8 Å². The van der Waals surface area contributed by atoms with Gasteiger partial charge in [-0.25, -0.2) is 9.55 Å². The van der Waals surface area contributed by atoms with Crippen molar-refractivity contribution in [1.29, 1.82) is 0 Å². The molecule has 0 atom stereocenters. The monoisotopic (exact) mass is 274 g/mol. The SMILES string of the molecule is CCC[n+]1ccnc(C(=O)Nc2c[nH]ccc2=O)c1N. The number of aromatic amines is 1. The maximum atomic E-state index is 12.1. The van der Waals surface area contributed by atoms with Crippen LogP contribution in [0.1, 0.15) is 23.8 Å². The zero-order valence-corrected chi connectivity index (χ0v) is 11.1. The molecule has 2 rings (SSSR count). The summed E-state index contributed by atoms with van der Waals surface area (Å²) in [6, 6.07) is 1.33. The number of hydrogen-bond acceptors (Lipinski definition) is 4. The van der Waals surface area contributed by atoms with Crippen molar-refractivity contribution in [3.63, 3.8) is 0 Å². The number of rotatable bonds is 4. The molecule has 0 fully saturated rings. The Balaban J connectivity index is 2.28. The van der Waals surface area contributed by atoms with Gasteiger partial charge in [-0.1, -0.05) is 6.92 Å². The van der Waals surface area contributed by atoms with Crippen molar-refractivity contribution in [3.05, 3.63) is 46.8 Å². The maximum Gasteiger partial charge on any atom is 0.304 e. The second-order valence-corrected chi connectivity index (χ2v) is 4.23. The Kier molecular flexibility index (Phi) is 4.09. The standard InChI is InChI=1S/C13H15N5O2/c1-2-6-18-7-5-16-11(12(18)14)13(20)17-9-8-15-4-3-10(9)19/h3-5,7-8H,2,6H2,1H3,(H3,14,15,16,17,19,20)/p+1. The Labute approximate surface area is 115 Å². The molecule has 0 aliphatic heterocycles. The lowest BCUT2D eigenvalue weighted by molar-refractivity contribution is -0.683. The molecule has 4 N–H and O–H groups in total. The summed E-state index contributed by atoms with van der Waals surface area (Å²) in [6.45, 7) is 2.71. The number of nitrogens with one attached hydrogen (secondary N) is 2. The fourth-order valence-electron chi connectivity index (χ4n) is 1.78. The van der Waals surface area contributed by atoms with Crippen molar-refractivity contribution in [2.24, 2.45) is 0 Å². The van der Waals surface area contributed by atoms with Gasteiger partial charge in [-0.3, -0.25) is 15.3 Å². The summed E-state index contributed by atoms with van der Waals surface area (Å²) >= 11 is 0. The van der Waals surface area contributed by atoms with Crippen LogP contribution in [0.5, 0.6) is 0 Å².